The molecule has 1 heterocycles. The number of amides is 1. The summed E-state index contributed by atoms with van der Waals surface area (Å²) in [6.45, 7) is 6.45. The first-order chi connectivity index (χ1) is 18.3. The molecule has 0 radical (unpaired) electrons. The van der Waals surface area contributed by atoms with Gasteiger partial charge >= 0.3 is 5.97 Å². The molecular formula is C29H38Cl3NO5. The van der Waals surface area contributed by atoms with Gasteiger partial charge < -0.3 is 19.1 Å². The lowest BCUT2D eigenvalue weighted by Gasteiger charge is -2.34. The maximum Gasteiger partial charge on any atom is 0.306 e. The van der Waals surface area contributed by atoms with Crippen LogP contribution in [0, 0.1) is 11.8 Å². The molecule has 0 aromatic heterocycles. The van der Waals surface area contributed by atoms with Crippen LogP contribution in [0.25, 0.3) is 0 Å². The zero-order valence-electron chi connectivity index (χ0n) is 22.0. The van der Waals surface area contributed by atoms with E-state index >= 15 is 0 Å². The van der Waals surface area contributed by atoms with Gasteiger partial charge in [0.25, 0.3) is 0 Å². The van der Waals surface area contributed by atoms with Gasteiger partial charge in [0, 0.05) is 53.5 Å². The molecule has 1 aromatic carbocycles. The molecule has 0 bridgehead atoms. The van der Waals surface area contributed by atoms with E-state index in [1.165, 1.54) is 6.92 Å². The Hall–Kier alpha value is -1.57. The minimum Gasteiger partial charge on any atom is -0.461 e. The van der Waals surface area contributed by atoms with Crippen LogP contribution in [-0.4, -0.2) is 49.4 Å². The number of carbonyl (C=O) groups is 2. The van der Waals surface area contributed by atoms with E-state index in [0.29, 0.717) is 48.1 Å². The summed E-state index contributed by atoms with van der Waals surface area (Å²) in [4.78, 5) is 26.1. The third-order valence-electron chi connectivity index (χ3n) is 7.04. The van der Waals surface area contributed by atoms with Crippen molar-refractivity contribution in [1.29, 1.82) is 0 Å². The molecule has 1 aromatic rings. The molecule has 2 fully saturated rings. The second kappa shape index (κ2) is 15.9. The van der Waals surface area contributed by atoms with E-state index < -0.39 is 0 Å². The van der Waals surface area contributed by atoms with Gasteiger partial charge in [0.15, 0.2) is 6.29 Å². The first kappa shape index (κ1) is 31.0. The van der Waals surface area contributed by atoms with Crippen LogP contribution < -0.4 is 4.90 Å². The topological polar surface area (TPSA) is 65.1 Å². The van der Waals surface area contributed by atoms with Crippen LogP contribution in [0.5, 0.6) is 0 Å². The molecule has 1 saturated carbocycles. The molecule has 1 amide bonds. The monoisotopic (exact) mass is 585 g/mol. The zero-order chi connectivity index (χ0) is 27.5. The zero-order valence-corrected chi connectivity index (χ0v) is 24.2. The molecule has 5 atom stereocenters. The number of alkyl halides is 1. The summed E-state index contributed by atoms with van der Waals surface area (Å²) < 4.78 is 17.3. The Morgan fingerprint density at radius 2 is 1.92 bits per heavy atom. The lowest BCUT2D eigenvalue weighted by molar-refractivity contribution is -0.195. The number of carbonyl (C=O) groups excluding carboxylic acids is 2. The first-order valence-corrected chi connectivity index (χ1v) is 14.5. The van der Waals surface area contributed by atoms with Crippen LogP contribution in [-0.2, 0) is 23.8 Å². The van der Waals surface area contributed by atoms with Crippen molar-refractivity contribution in [2.75, 3.05) is 24.7 Å². The highest BCUT2D eigenvalue weighted by atomic mass is 35.5. The highest BCUT2D eigenvalue weighted by Gasteiger charge is 2.44. The van der Waals surface area contributed by atoms with Crippen LogP contribution in [0.2, 0.25) is 10.0 Å². The lowest BCUT2D eigenvalue weighted by atomic mass is 9.90. The van der Waals surface area contributed by atoms with Crippen LogP contribution in [0.4, 0.5) is 5.69 Å². The fourth-order valence-electron chi connectivity index (χ4n) is 5.14. The predicted molar refractivity (Wildman–Crippen MR) is 153 cm³/mol. The average Bonchev–Trinajstić information content (AvgIpc) is 3.16. The van der Waals surface area contributed by atoms with Crippen molar-refractivity contribution in [3.8, 4) is 0 Å². The van der Waals surface area contributed by atoms with Gasteiger partial charge in [-0.3, -0.25) is 9.59 Å². The Morgan fingerprint density at radius 3 is 2.58 bits per heavy atom. The van der Waals surface area contributed by atoms with E-state index in [1.807, 2.05) is 0 Å². The van der Waals surface area contributed by atoms with Gasteiger partial charge in [0.2, 0.25) is 5.91 Å². The van der Waals surface area contributed by atoms with E-state index in [9.17, 15) is 9.59 Å². The molecule has 0 N–H and O–H groups in total. The van der Waals surface area contributed by atoms with Gasteiger partial charge in [-0.05, 0) is 69.1 Å². The minimum absolute atomic E-state index is 0.0109. The lowest BCUT2D eigenvalue weighted by Crippen LogP contribution is -2.41. The summed E-state index contributed by atoms with van der Waals surface area (Å²) in [5.41, 5.74) is 0.651. The Kier molecular flexibility index (Phi) is 12.9. The number of hydrogen-bond donors (Lipinski definition) is 0. The average molecular weight is 587 g/mol. The van der Waals surface area contributed by atoms with Gasteiger partial charge in [-0.1, -0.05) is 48.0 Å². The van der Waals surface area contributed by atoms with E-state index in [2.05, 4.69) is 18.7 Å². The summed E-state index contributed by atoms with van der Waals surface area (Å²) in [6.07, 6.45) is 11.6. The fraction of sp³-hybridized carbons (Fsp3) is 0.586. The number of esters is 1. The van der Waals surface area contributed by atoms with Crippen LogP contribution in [0.1, 0.15) is 58.3 Å². The van der Waals surface area contributed by atoms with Gasteiger partial charge in [-0.25, -0.2) is 0 Å². The Bertz CT molecular complexity index is 945. The third-order valence-corrected chi connectivity index (χ3v) is 7.97. The van der Waals surface area contributed by atoms with Crippen LogP contribution in [0.15, 0.2) is 43.0 Å². The van der Waals surface area contributed by atoms with E-state index in [0.717, 1.165) is 32.1 Å². The number of rotatable bonds is 13. The molecule has 38 heavy (non-hydrogen) atoms. The van der Waals surface area contributed by atoms with Crippen molar-refractivity contribution in [2.24, 2.45) is 11.8 Å². The molecule has 6 nitrogen and oxygen atoms in total. The highest BCUT2D eigenvalue weighted by molar-refractivity contribution is 6.35. The van der Waals surface area contributed by atoms with E-state index in [4.69, 9.17) is 49.0 Å². The number of benzene rings is 1. The van der Waals surface area contributed by atoms with Gasteiger partial charge in [0.1, 0.15) is 6.61 Å². The Labute approximate surface area is 241 Å². The van der Waals surface area contributed by atoms with Gasteiger partial charge in [-0.2, -0.15) is 0 Å². The van der Waals surface area contributed by atoms with Crippen molar-refractivity contribution in [1.82, 2.24) is 0 Å². The molecule has 0 spiro atoms. The number of hydrogen-bond acceptors (Lipinski definition) is 5. The van der Waals surface area contributed by atoms with Gasteiger partial charge in [-0.15, -0.1) is 11.6 Å². The molecule has 2 aliphatic rings. The normalized spacial score (nSPS) is 25.4. The summed E-state index contributed by atoms with van der Waals surface area (Å²) in [6, 6.07) is 5.14. The number of halogens is 3. The SMILES string of the molecule is C=CCOC(=O)CCC/C=C\C[C@@H]1[C@@H](CN(C(C)=O)c2cc(Cl)cc(Cl)c2)[C@H](OC2CCCCO2)C[C@H]1Cl. The number of nitrogens with zero attached hydrogens (tertiary/aromatic N) is 1. The third kappa shape index (κ3) is 9.56. The van der Waals surface area contributed by atoms with Crippen molar-refractivity contribution in [3.05, 3.63) is 53.1 Å². The smallest absolute Gasteiger partial charge is 0.306 e. The number of allylic oxidation sites excluding steroid dienone is 2. The molecule has 1 saturated heterocycles. The second-order valence-electron chi connectivity index (χ2n) is 9.88. The maximum atomic E-state index is 12.8. The first-order valence-electron chi connectivity index (χ1n) is 13.3. The van der Waals surface area contributed by atoms with Crippen molar-refractivity contribution in [3.63, 3.8) is 0 Å². The second-order valence-corrected chi connectivity index (χ2v) is 11.3. The summed E-state index contributed by atoms with van der Waals surface area (Å²) in [7, 11) is 0. The molecular weight excluding hydrogens is 549 g/mol. The maximum absolute atomic E-state index is 12.8. The van der Waals surface area contributed by atoms with Crippen LogP contribution in [0.3, 0.4) is 0 Å². The van der Waals surface area contributed by atoms with Crippen molar-refractivity contribution in [2.45, 2.75) is 76.1 Å². The largest absolute Gasteiger partial charge is 0.461 e. The van der Waals surface area contributed by atoms with E-state index in [-0.39, 0.29) is 48.1 Å². The predicted octanol–water partition coefficient (Wildman–Crippen LogP) is 7.35. The van der Waals surface area contributed by atoms with Gasteiger partial charge in [0.05, 0.1) is 6.10 Å². The van der Waals surface area contributed by atoms with Crippen molar-refractivity contribution < 1.29 is 23.8 Å². The molecule has 1 unspecified atom stereocenters. The standard InChI is InChI=1S/C29H38Cl3NO5/c1-3-13-36-28(35)11-7-5-4-6-10-24-25(27(18-26(24)32)38-29-12-8-9-14-37-29)19-33(20(2)34)23-16-21(30)15-22(31)17-23/h3-4,6,15-17,24-27,29H,1,5,7-14,18-19H2,2H3/b6-4-/t24-,25-,26-,27-,29?/m1/s1. The minimum atomic E-state index is -0.248. The van der Waals surface area contributed by atoms with E-state index in [1.54, 1.807) is 29.2 Å². The summed E-state index contributed by atoms with van der Waals surface area (Å²) >= 11 is 19.4. The van der Waals surface area contributed by atoms with Crippen molar-refractivity contribution >= 4 is 52.4 Å². The fourth-order valence-corrected chi connectivity index (χ4v) is 6.12. The Balaban J connectivity index is 1.70. The molecule has 9 heteroatoms. The summed E-state index contributed by atoms with van der Waals surface area (Å²) in [5.74, 6) is -0.240. The number of ether oxygens (including phenoxy) is 3. The number of unbranched alkanes of at least 4 members (excludes halogenated alkanes) is 1. The molecule has 210 valence electrons. The number of anilines is 1. The summed E-state index contributed by atoms with van der Waals surface area (Å²) in [5, 5.41) is 0.831. The van der Waals surface area contributed by atoms with Crippen LogP contribution >= 0.6 is 34.8 Å². The molecule has 3 rings (SSSR count). The quantitative estimate of drug-likeness (QED) is 0.105. The molecule has 1 aliphatic heterocycles. The Morgan fingerprint density at radius 1 is 1.16 bits per heavy atom. The molecule has 1 aliphatic carbocycles. The highest BCUT2D eigenvalue weighted by Crippen LogP contribution is 2.42.